The normalized spacial score (nSPS) is 32.7. The van der Waals surface area contributed by atoms with E-state index in [2.05, 4.69) is 19.2 Å². The standard InChI is InChI=1S/C8H17NO2/c1-6(2)8-5-11-4-7(3-10)9-8/h6-10H,3-5H2,1-2H3/t7-,8-/m1/s1. The first-order chi connectivity index (χ1) is 5.24. The second-order valence-corrected chi connectivity index (χ2v) is 3.43. The Kier molecular flexibility index (Phi) is 3.30. The van der Waals surface area contributed by atoms with Crippen LogP contribution in [0.25, 0.3) is 0 Å². The minimum atomic E-state index is 0.135. The van der Waals surface area contributed by atoms with Gasteiger partial charge in [0.25, 0.3) is 0 Å². The summed E-state index contributed by atoms with van der Waals surface area (Å²) in [7, 11) is 0. The van der Waals surface area contributed by atoms with Gasteiger partial charge in [-0.1, -0.05) is 13.8 Å². The molecule has 1 fully saturated rings. The Labute approximate surface area is 67.7 Å². The molecule has 0 bridgehead atoms. The van der Waals surface area contributed by atoms with Crippen molar-refractivity contribution in [2.75, 3.05) is 19.8 Å². The molecule has 1 rings (SSSR count). The Morgan fingerprint density at radius 1 is 1.55 bits per heavy atom. The number of rotatable bonds is 2. The van der Waals surface area contributed by atoms with E-state index in [1.807, 2.05) is 0 Å². The number of hydrogen-bond acceptors (Lipinski definition) is 3. The largest absolute Gasteiger partial charge is 0.395 e. The third-order valence-electron chi connectivity index (χ3n) is 2.09. The van der Waals surface area contributed by atoms with Crippen molar-refractivity contribution in [3.05, 3.63) is 0 Å². The van der Waals surface area contributed by atoms with Gasteiger partial charge in [-0.25, -0.2) is 0 Å². The Morgan fingerprint density at radius 2 is 2.27 bits per heavy atom. The molecule has 2 atom stereocenters. The third-order valence-corrected chi connectivity index (χ3v) is 2.09. The van der Waals surface area contributed by atoms with Crippen LogP contribution in [-0.2, 0) is 4.74 Å². The van der Waals surface area contributed by atoms with Gasteiger partial charge in [-0.3, -0.25) is 0 Å². The summed E-state index contributed by atoms with van der Waals surface area (Å²) in [4.78, 5) is 0. The van der Waals surface area contributed by atoms with Crippen molar-refractivity contribution in [1.29, 1.82) is 0 Å². The minimum absolute atomic E-state index is 0.135. The molecule has 1 saturated heterocycles. The lowest BCUT2D eigenvalue weighted by molar-refractivity contribution is 0.0152. The lowest BCUT2D eigenvalue weighted by Gasteiger charge is -2.32. The van der Waals surface area contributed by atoms with Gasteiger partial charge in [-0.15, -0.1) is 0 Å². The van der Waals surface area contributed by atoms with Gasteiger partial charge in [0, 0.05) is 6.04 Å². The molecule has 1 heterocycles. The topological polar surface area (TPSA) is 41.5 Å². The second kappa shape index (κ2) is 4.04. The monoisotopic (exact) mass is 159 g/mol. The molecule has 0 aromatic heterocycles. The molecule has 0 aliphatic carbocycles. The Bertz CT molecular complexity index is 117. The highest BCUT2D eigenvalue weighted by atomic mass is 16.5. The van der Waals surface area contributed by atoms with Gasteiger partial charge in [-0.05, 0) is 5.92 Å². The molecule has 0 spiro atoms. The van der Waals surface area contributed by atoms with Gasteiger partial charge in [-0.2, -0.15) is 0 Å². The summed E-state index contributed by atoms with van der Waals surface area (Å²) in [5, 5.41) is 12.2. The first-order valence-corrected chi connectivity index (χ1v) is 4.18. The fourth-order valence-electron chi connectivity index (χ4n) is 1.23. The number of morpholine rings is 1. The third kappa shape index (κ3) is 2.43. The van der Waals surface area contributed by atoms with E-state index >= 15 is 0 Å². The van der Waals surface area contributed by atoms with E-state index in [9.17, 15) is 0 Å². The average molecular weight is 159 g/mol. The van der Waals surface area contributed by atoms with Crippen molar-refractivity contribution in [1.82, 2.24) is 5.32 Å². The summed E-state index contributed by atoms with van der Waals surface area (Å²) < 4.78 is 5.32. The number of ether oxygens (including phenoxy) is 1. The Morgan fingerprint density at radius 3 is 2.82 bits per heavy atom. The van der Waals surface area contributed by atoms with E-state index in [4.69, 9.17) is 9.84 Å². The van der Waals surface area contributed by atoms with Crippen LogP contribution in [-0.4, -0.2) is 37.0 Å². The summed E-state index contributed by atoms with van der Waals surface area (Å²) in [6.07, 6.45) is 0. The molecule has 0 saturated carbocycles. The van der Waals surface area contributed by atoms with Crippen molar-refractivity contribution in [2.24, 2.45) is 5.92 Å². The molecule has 1 aliphatic heterocycles. The summed E-state index contributed by atoms with van der Waals surface area (Å²) in [6.45, 7) is 5.89. The van der Waals surface area contributed by atoms with Gasteiger partial charge < -0.3 is 15.2 Å². The molecule has 0 radical (unpaired) electrons. The zero-order chi connectivity index (χ0) is 8.27. The van der Waals surface area contributed by atoms with Crippen molar-refractivity contribution in [2.45, 2.75) is 25.9 Å². The summed E-state index contributed by atoms with van der Waals surface area (Å²) >= 11 is 0. The quantitative estimate of drug-likeness (QED) is 0.595. The predicted octanol–water partition coefficient (Wildman–Crippen LogP) is -0.00830. The number of nitrogens with one attached hydrogen (secondary N) is 1. The van der Waals surface area contributed by atoms with Gasteiger partial charge in [0.2, 0.25) is 0 Å². The van der Waals surface area contributed by atoms with Crippen molar-refractivity contribution < 1.29 is 9.84 Å². The number of aliphatic hydroxyl groups is 1. The highest BCUT2D eigenvalue weighted by molar-refractivity contribution is 4.79. The fraction of sp³-hybridized carbons (Fsp3) is 1.00. The predicted molar refractivity (Wildman–Crippen MR) is 43.5 cm³/mol. The van der Waals surface area contributed by atoms with Crippen LogP contribution in [0.3, 0.4) is 0 Å². The highest BCUT2D eigenvalue weighted by Crippen LogP contribution is 2.07. The van der Waals surface area contributed by atoms with Gasteiger partial charge in [0.05, 0.1) is 25.9 Å². The van der Waals surface area contributed by atoms with E-state index in [1.165, 1.54) is 0 Å². The van der Waals surface area contributed by atoms with Gasteiger partial charge in [0.15, 0.2) is 0 Å². The van der Waals surface area contributed by atoms with E-state index in [-0.39, 0.29) is 12.6 Å². The van der Waals surface area contributed by atoms with Crippen LogP contribution < -0.4 is 5.32 Å². The van der Waals surface area contributed by atoms with Crippen LogP contribution in [0.2, 0.25) is 0 Å². The first kappa shape index (κ1) is 8.97. The number of aliphatic hydroxyl groups excluding tert-OH is 1. The lowest BCUT2D eigenvalue weighted by atomic mass is 10.0. The summed E-state index contributed by atoms with van der Waals surface area (Å²) in [5.41, 5.74) is 0. The molecule has 0 unspecified atom stereocenters. The Hall–Kier alpha value is -0.120. The van der Waals surface area contributed by atoms with Crippen molar-refractivity contribution >= 4 is 0 Å². The molecule has 0 aromatic carbocycles. The molecule has 0 aromatic rings. The molecule has 3 nitrogen and oxygen atoms in total. The van der Waals surface area contributed by atoms with Crippen LogP contribution >= 0.6 is 0 Å². The Balaban J connectivity index is 2.33. The summed E-state index contributed by atoms with van der Waals surface area (Å²) in [6, 6.07) is 0.539. The van der Waals surface area contributed by atoms with Crippen molar-refractivity contribution in [3.63, 3.8) is 0 Å². The van der Waals surface area contributed by atoms with Crippen LogP contribution in [0.1, 0.15) is 13.8 Å². The van der Waals surface area contributed by atoms with E-state index in [0.29, 0.717) is 18.6 Å². The minimum Gasteiger partial charge on any atom is -0.395 e. The molecular weight excluding hydrogens is 142 g/mol. The average Bonchev–Trinajstić information content (AvgIpc) is 2.05. The van der Waals surface area contributed by atoms with E-state index in [0.717, 1.165) is 6.61 Å². The molecular formula is C8H17NO2. The summed E-state index contributed by atoms with van der Waals surface area (Å²) in [5.74, 6) is 0.573. The van der Waals surface area contributed by atoms with E-state index < -0.39 is 0 Å². The van der Waals surface area contributed by atoms with Crippen LogP contribution in [0, 0.1) is 5.92 Å². The van der Waals surface area contributed by atoms with E-state index in [1.54, 1.807) is 0 Å². The highest BCUT2D eigenvalue weighted by Gasteiger charge is 2.22. The molecule has 2 N–H and O–H groups in total. The smallest absolute Gasteiger partial charge is 0.0642 e. The zero-order valence-corrected chi connectivity index (χ0v) is 7.21. The maximum absolute atomic E-state index is 8.85. The first-order valence-electron chi connectivity index (χ1n) is 4.18. The second-order valence-electron chi connectivity index (χ2n) is 3.43. The molecule has 11 heavy (non-hydrogen) atoms. The van der Waals surface area contributed by atoms with Gasteiger partial charge >= 0.3 is 0 Å². The number of hydrogen-bond donors (Lipinski definition) is 2. The molecule has 0 amide bonds. The molecule has 3 heteroatoms. The fourth-order valence-corrected chi connectivity index (χ4v) is 1.23. The van der Waals surface area contributed by atoms with Crippen molar-refractivity contribution in [3.8, 4) is 0 Å². The SMILES string of the molecule is CC(C)[C@H]1COC[C@@H](CO)N1. The molecule has 1 aliphatic rings. The van der Waals surface area contributed by atoms with Gasteiger partial charge in [0.1, 0.15) is 0 Å². The molecule has 66 valence electrons. The maximum Gasteiger partial charge on any atom is 0.0642 e. The lowest BCUT2D eigenvalue weighted by Crippen LogP contribution is -2.52. The van der Waals surface area contributed by atoms with Crippen LogP contribution in [0.5, 0.6) is 0 Å². The maximum atomic E-state index is 8.85. The van der Waals surface area contributed by atoms with Crippen LogP contribution in [0.15, 0.2) is 0 Å². The van der Waals surface area contributed by atoms with Crippen LogP contribution in [0.4, 0.5) is 0 Å². The zero-order valence-electron chi connectivity index (χ0n) is 7.21.